The first-order chi connectivity index (χ1) is 15.0. The normalized spacial score (nSPS) is 13.0. The van der Waals surface area contributed by atoms with E-state index in [4.69, 9.17) is 4.74 Å². The molecule has 0 spiro atoms. The van der Waals surface area contributed by atoms with E-state index in [1.165, 1.54) is 22.3 Å². The molecular formula is C23H20F2N2O3S. The number of benzene rings is 2. The Morgan fingerprint density at radius 2 is 1.94 bits per heavy atom. The van der Waals surface area contributed by atoms with E-state index in [0.29, 0.717) is 11.4 Å². The zero-order valence-electron chi connectivity index (χ0n) is 16.5. The third kappa shape index (κ3) is 5.46. The van der Waals surface area contributed by atoms with E-state index in [0.717, 1.165) is 29.9 Å². The Balaban J connectivity index is 1.46. The molecule has 1 heterocycles. The number of amides is 2. The van der Waals surface area contributed by atoms with E-state index < -0.39 is 17.5 Å². The van der Waals surface area contributed by atoms with Crippen LogP contribution in [0.3, 0.4) is 0 Å². The summed E-state index contributed by atoms with van der Waals surface area (Å²) in [6, 6.07) is 13.5. The Hall–Kier alpha value is -3.26. The summed E-state index contributed by atoms with van der Waals surface area (Å²) in [7, 11) is 0. The molecule has 31 heavy (non-hydrogen) atoms. The van der Waals surface area contributed by atoms with Crippen molar-refractivity contribution in [2.75, 3.05) is 16.8 Å². The van der Waals surface area contributed by atoms with Gasteiger partial charge in [-0.25, -0.2) is 8.78 Å². The third-order valence-corrected chi connectivity index (χ3v) is 5.67. The molecule has 3 aromatic rings. The number of carbonyl (C=O) groups is 2. The van der Waals surface area contributed by atoms with Crippen molar-refractivity contribution in [3.8, 4) is 5.75 Å². The molecule has 1 aliphatic carbocycles. The molecule has 0 aliphatic heterocycles. The summed E-state index contributed by atoms with van der Waals surface area (Å²) >= 11 is 1.43. The zero-order valence-corrected chi connectivity index (χ0v) is 17.3. The van der Waals surface area contributed by atoms with Gasteiger partial charge in [0.05, 0.1) is 12.2 Å². The van der Waals surface area contributed by atoms with Crippen LogP contribution in [0.1, 0.15) is 17.7 Å². The highest BCUT2D eigenvalue weighted by molar-refractivity contribution is 7.09. The molecule has 1 aliphatic rings. The number of nitrogens with zero attached hydrogens (tertiary/aromatic N) is 1. The van der Waals surface area contributed by atoms with E-state index in [1.54, 1.807) is 24.3 Å². The SMILES string of the molecule is O=C(Nc1cccc(OCC(=O)N(Cc2cccs2)c2ccc(F)cc2F)c1)C1CC1. The first-order valence-corrected chi connectivity index (χ1v) is 10.7. The molecule has 0 radical (unpaired) electrons. The lowest BCUT2D eigenvalue weighted by atomic mass is 10.2. The van der Waals surface area contributed by atoms with E-state index in [-0.39, 0.29) is 30.7 Å². The number of thiophene rings is 1. The molecule has 2 aromatic carbocycles. The molecular weight excluding hydrogens is 422 g/mol. The van der Waals surface area contributed by atoms with Crippen molar-refractivity contribution in [1.82, 2.24) is 0 Å². The van der Waals surface area contributed by atoms with Crippen LogP contribution in [0.2, 0.25) is 0 Å². The number of rotatable bonds is 8. The van der Waals surface area contributed by atoms with Crippen molar-refractivity contribution < 1.29 is 23.1 Å². The summed E-state index contributed by atoms with van der Waals surface area (Å²) in [5.74, 6) is -1.57. The van der Waals surface area contributed by atoms with Crippen LogP contribution in [0.4, 0.5) is 20.2 Å². The van der Waals surface area contributed by atoms with Crippen LogP contribution in [-0.4, -0.2) is 18.4 Å². The van der Waals surface area contributed by atoms with Crippen molar-refractivity contribution in [2.45, 2.75) is 19.4 Å². The van der Waals surface area contributed by atoms with Gasteiger partial charge in [-0.05, 0) is 48.6 Å². The van der Waals surface area contributed by atoms with Gasteiger partial charge < -0.3 is 15.0 Å². The predicted octanol–water partition coefficient (Wildman–Crippen LogP) is 4.99. The van der Waals surface area contributed by atoms with E-state index in [2.05, 4.69) is 5.32 Å². The second-order valence-electron chi connectivity index (χ2n) is 7.24. The monoisotopic (exact) mass is 442 g/mol. The fourth-order valence-electron chi connectivity index (χ4n) is 3.04. The zero-order chi connectivity index (χ0) is 21.8. The average Bonchev–Trinajstić information content (AvgIpc) is 3.48. The fraction of sp³-hybridized carbons (Fsp3) is 0.217. The molecule has 0 bridgehead atoms. The van der Waals surface area contributed by atoms with Crippen LogP contribution >= 0.6 is 11.3 Å². The number of nitrogens with one attached hydrogen (secondary N) is 1. The summed E-state index contributed by atoms with van der Waals surface area (Å²) in [5, 5.41) is 4.68. The highest BCUT2D eigenvalue weighted by Crippen LogP contribution is 2.30. The van der Waals surface area contributed by atoms with Gasteiger partial charge in [0, 0.05) is 28.6 Å². The molecule has 4 rings (SSSR count). The van der Waals surface area contributed by atoms with Gasteiger partial charge in [0.25, 0.3) is 5.91 Å². The maximum absolute atomic E-state index is 14.4. The van der Waals surface area contributed by atoms with Crippen LogP contribution in [0.5, 0.6) is 5.75 Å². The molecule has 1 N–H and O–H groups in total. The maximum atomic E-state index is 14.4. The number of halogens is 2. The summed E-state index contributed by atoms with van der Waals surface area (Å²) in [6.45, 7) is -0.206. The van der Waals surface area contributed by atoms with Gasteiger partial charge >= 0.3 is 0 Å². The standard InChI is InChI=1S/C23H20F2N2O3S/c24-16-8-9-21(20(25)11-16)27(13-19-5-2-10-31-19)22(28)14-30-18-4-1-3-17(12-18)26-23(29)15-6-7-15/h1-5,8-12,15H,6-7,13-14H2,(H,26,29). The number of carbonyl (C=O) groups excluding carboxylic acids is 2. The van der Waals surface area contributed by atoms with Crippen molar-refractivity contribution in [2.24, 2.45) is 5.92 Å². The van der Waals surface area contributed by atoms with Crippen molar-refractivity contribution in [3.63, 3.8) is 0 Å². The first kappa shape index (κ1) is 21.0. The second-order valence-corrected chi connectivity index (χ2v) is 8.27. The van der Waals surface area contributed by atoms with E-state index in [1.807, 2.05) is 17.5 Å². The summed E-state index contributed by atoms with van der Waals surface area (Å²) < 4.78 is 33.3. The smallest absolute Gasteiger partial charge is 0.265 e. The van der Waals surface area contributed by atoms with Gasteiger partial charge in [-0.1, -0.05) is 12.1 Å². The van der Waals surface area contributed by atoms with Crippen LogP contribution in [0, 0.1) is 17.6 Å². The van der Waals surface area contributed by atoms with Crippen LogP contribution in [-0.2, 0) is 16.1 Å². The number of hydrogen-bond donors (Lipinski definition) is 1. The lowest BCUT2D eigenvalue weighted by Crippen LogP contribution is -2.35. The van der Waals surface area contributed by atoms with Gasteiger partial charge in [-0.2, -0.15) is 0 Å². The highest BCUT2D eigenvalue weighted by Gasteiger charge is 2.29. The Morgan fingerprint density at radius 3 is 2.65 bits per heavy atom. The van der Waals surface area contributed by atoms with Gasteiger partial charge in [-0.15, -0.1) is 11.3 Å². The third-order valence-electron chi connectivity index (χ3n) is 4.81. The first-order valence-electron chi connectivity index (χ1n) is 9.81. The Bertz CT molecular complexity index is 1080. The second kappa shape index (κ2) is 9.26. The summed E-state index contributed by atoms with van der Waals surface area (Å²) in [6.07, 6.45) is 1.80. The number of anilines is 2. The molecule has 0 atom stereocenters. The molecule has 1 saturated carbocycles. The van der Waals surface area contributed by atoms with Gasteiger partial charge in [-0.3, -0.25) is 9.59 Å². The summed E-state index contributed by atoms with van der Waals surface area (Å²) in [5.41, 5.74) is 0.565. The van der Waals surface area contributed by atoms with Gasteiger partial charge in [0.1, 0.15) is 17.4 Å². The maximum Gasteiger partial charge on any atom is 0.265 e. The Kier molecular flexibility index (Phi) is 6.27. The molecule has 160 valence electrons. The lowest BCUT2D eigenvalue weighted by molar-refractivity contribution is -0.120. The van der Waals surface area contributed by atoms with Crippen LogP contribution in [0.15, 0.2) is 60.0 Å². The van der Waals surface area contributed by atoms with Crippen molar-refractivity contribution >= 4 is 34.5 Å². The highest BCUT2D eigenvalue weighted by atomic mass is 32.1. The van der Waals surface area contributed by atoms with Crippen molar-refractivity contribution in [1.29, 1.82) is 0 Å². The van der Waals surface area contributed by atoms with Crippen LogP contribution in [0.25, 0.3) is 0 Å². The molecule has 5 nitrogen and oxygen atoms in total. The Morgan fingerprint density at radius 1 is 1.10 bits per heavy atom. The minimum atomic E-state index is -0.824. The molecule has 0 saturated heterocycles. The molecule has 1 fully saturated rings. The minimum Gasteiger partial charge on any atom is -0.484 e. The quantitative estimate of drug-likeness (QED) is 0.535. The van der Waals surface area contributed by atoms with E-state index in [9.17, 15) is 18.4 Å². The van der Waals surface area contributed by atoms with Gasteiger partial charge in [0.2, 0.25) is 5.91 Å². The predicted molar refractivity (Wildman–Crippen MR) is 115 cm³/mol. The molecule has 2 amide bonds. The molecule has 1 aromatic heterocycles. The summed E-state index contributed by atoms with van der Waals surface area (Å²) in [4.78, 5) is 26.9. The molecule has 8 heteroatoms. The van der Waals surface area contributed by atoms with Crippen LogP contribution < -0.4 is 15.0 Å². The number of ether oxygens (including phenoxy) is 1. The topological polar surface area (TPSA) is 58.6 Å². The van der Waals surface area contributed by atoms with Crippen molar-refractivity contribution in [3.05, 3.63) is 76.5 Å². The minimum absolute atomic E-state index is 0.0196. The fourth-order valence-corrected chi connectivity index (χ4v) is 3.74. The van der Waals surface area contributed by atoms with E-state index >= 15 is 0 Å². The largest absolute Gasteiger partial charge is 0.484 e. The number of hydrogen-bond acceptors (Lipinski definition) is 4. The lowest BCUT2D eigenvalue weighted by Gasteiger charge is -2.23. The van der Waals surface area contributed by atoms with Gasteiger partial charge in [0.15, 0.2) is 6.61 Å². The molecule has 0 unspecified atom stereocenters. The average molecular weight is 442 g/mol. The Labute approximate surface area is 182 Å².